The highest BCUT2D eigenvalue weighted by Gasteiger charge is 2.31. The zero-order valence-electron chi connectivity index (χ0n) is 11.3. The van der Waals surface area contributed by atoms with Crippen molar-refractivity contribution in [1.82, 2.24) is 10.2 Å². The fourth-order valence-electron chi connectivity index (χ4n) is 2.52. The second-order valence-corrected chi connectivity index (χ2v) is 4.97. The highest BCUT2D eigenvalue weighted by Crippen LogP contribution is 2.25. The summed E-state index contributed by atoms with van der Waals surface area (Å²) in [6, 6.07) is -0.126. The summed E-state index contributed by atoms with van der Waals surface area (Å²) in [5, 5.41) is 11.8. The normalized spacial score (nSPS) is 17.9. The first-order chi connectivity index (χ1) is 8.56. The topological polar surface area (TPSA) is 69.6 Å². The molecule has 1 unspecified atom stereocenters. The largest absolute Gasteiger partial charge is 0.480 e. The summed E-state index contributed by atoms with van der Waals surface area (Å²) in [6.45, 7) is 4.39. The molecule has 1 amide bonds. The van der Waals surface area contributed by atoms with E-state index in [1.165, 1.54) is 0 Å². The Labute approximate surface area is 109 Å². The lowest BCUT2D eigenvalue weighted by molar-refractivity contribution is -0.140. The number of carbonyl (C=O) groups is 2. The van der Waals surface area contributed by atoms with Crippen molar-refractivity contribution in [3.63, 3.8) is 0 Å². The van der Waals surface area contributed by atoms with Crippen molar-refractivity contribution in [3.05, 3.63) is 0 Å². The monoisotopic (exact) mass is 256 g/mol. The van der Waals surface area contributed by atoms with Crippen LogP contribution in [0.5, 0.6) is 0 Å². The SMILES string of the molecule is CCCNC(=O)C(C)N(CC(=O)O)C1CCCC1. The van der Waals surface area contributed by atoms with Crippen molar-refractivity contribution in [2.24, 2.45) is 0 Å². The summed E-state index contributed by atoms with van der Waals surface area (Å²) >= 11 is 0. The first-order valence-electron chi connectivity index (χ1n) is 6.81. The van der Waals surface area contributed by atoms with Crippen LogP contribution in [0.3, 0.4) is 0 Å². The fraction of sp³-hybridized carbons (Fsp3) is 0.846. The number of nitrogens with zero attached hydrogens (tertiary/aromatic N) is 1. The molecule has 0 radical (unpaired) electrons. The maximum Gasteiger partial charge on any atom is 0.317 e. The Morgan fingerprint density at radius 3 is 2.50 bits per heavy atom. The summed E-state index contributed by atoms with van der Waals surface area (Å²) in [7, 11) is 0. The van der Waals surface area contributed by atoms with E-state index in [-0.39, 0.29) is 24.5 Å². The number of nitrogens with one attached hydrogen (secondary N) is 1. The van der Waals surface area contributed by atoms with Crippen LogP contribution in [-0.4, -0.2) is 47.1 Å². The number of carboxylic acid groups (broad SMARTS) is 1. The smallest absolute Gasteiger partial charge is 0.317 e. The van der Waals surface area contributed by atoms with Crippen LogP contribution >= 0.6 is 0 Å². The van der Waals surface area contributed by atoms with Gasteiger partial charge in [-0.1, -0.05) is 19.8 Å². The Balaban J connectivity index is 2.62. The van der Waals surface area contributed by atoms with Crippen molar-refractivity contribution < 1.29 is 14.7 Å². The Morgan fingerprint density at radius 1 is 1.39 bits per heavy atom. The van der Waals surface area contributed by atoms with Crippen LogP contribution in [0.2, 0.25) is 0 Å². The van der Waals surface area contributed by atoms with Gasteiger partial charge in [0, 0.05) is 12.6 Å². The van der Waals surface area contributed by atoms with Crippen LogP contribution in [-0.2, 0) is 9.59 Å². The van der Waals surface area contributed by atoms with Gasteiger partial charge in [-0.3, -0.25) is 14.5 Å². The molecule has 2 N–H and O–H groups in total. The van der Waals surface area contributed by atoms with E-state index in [0.717, 1.165) is 32.1 Å². The van der Waals surface area contributed by atoms with E-state index in [0.29, 0.717) is 6.54 Å². The molecule has 104 valence electrons. The van der Waals surface area contributed by atoms with E-state index < -0.39 is 5.97 Å². The lowest BCUT2D eigenvalue weighted by Gasteiger charge is -2.32. The predicted molar refractivity (Wildman–Crippen MR) is 69.4 cm³/mol. The Kier molecular flexibility index (Phi) is 6.12. The van der Waals surface area contributed by atoms with E-state index in [9.17, 15) is 9.59 Å². The Morgan fingerprint density at radius 2 is 2.00 bits per heavy atom. The van der Waals surface area contributed by atoms with Crippen LogP contribution in [0.25, 0.3) is 0 Å². The van der Waals surface area contributed by atoms with E-state index in [4.69, 9.17) is 5.11 Å². The summed E-state index contributed by atoms with van der Waals surface area (Å²) in [5.74, 6) is -0.929. The Bertz CT molecular complexity index is 288. The van der Waals surface area contributed by atoms with Crippen molar-refractivity contribution in [2.75, 3.05) is 13.1 Å². The number of hydrogen-bond donors (Lipinski definition) is 2. The van der Waals surface area contributed by atoms with Gasteiger partial charge in [0.1, 0.15) is 0 Å². The molecule has 0 aliphatic heterocycles. The van der Waals surface area contributed by atoms with Crippen LogP contribution in [0.4, 0.5) is 0 Å². The second-order valence-electron chi connectivity index (χ2n) is 4.97. The minimum absolute atomic E-state index is 0.0502. The molecule has 1 saturated carbocycles. The molecule has 0 bridgehead atoms. The van der Waals surface area contributed by atoms with Crippen LogP contribution < -0.4 is 5.32 Å². The first kappa shape index (κ1) is 15.0. The van der Waals surface area contributed by atoms with Crippen molar-refractivity contribution >= 4 is 11.9 Å². The molecule has 1 aliphatic carbocycles. The molecule has 0 aromatic heterocycles. The molecule has 0 aromatic carbocycles. The summed E-state index contributed by atoms with van der Waals surface area (Å²) in [4.78, 5) is 24.7. The number of aliphatic carboxylic acids is 1. The van der Waals surface area contributed by atoms with Gasteiger partial charge in [-0.15, -0.1) is 0 Å². The molecule has 5 heteroatoms. The van der Waals surface area contributed by atoms with E-state index >= 15 is 0 Å². The van der Waals surface area contributed by atoms with E-state index in [2.05, 4.69) is 5.32 Å². The zero-order valence-corrected chi connectivity index (χ0v) is 11.3. The number of carboxylic acids is 1. The van der Waals surface area contributed by atoms with Gasteiger partial charge >= 0.3 is 5.97 Å². The molecular formula is C13H24N2O3. The van der Waals surface area contributed by atoms with Crippen molar-refractivity contribution in [1.29, 1.82) is 0 Å². The van der Waals surface area contributed by atoms with Gasteiger partial charge in [0.15, 0.2) is 0 Å². The molecule has 1 rings (SSSR count). The number of rotatable bonds is 7. The number of amides is 1. The molecule has 18 heavy (non-hydrogen) atoms. The van der Waals surface area contributed by atoms with Crippen LogP contribution in [0, 0.1) is 0 Å². The Hall–Kier alpha value is -1.10. The summed E-state index contributed by atoms with van der Waals surface area (Å²) in [6.07, 6.45) is 5.15. The molecule has 0 spiro atoms. The fourth-order valence-corrected chi connectivity index (χ4v) is 2.52. The third kappa shape index (κ3) is 4.29. The van der Waals surface area contributed by atoms with Gasteiger partial charge in [-0.25, -0.2) is 0 Å². The average Bonchev–Trinajstić information content (AvgIpc) is 2.85. The van der Waals surface area contributed by atoms with Gasteiger partial charge in [0.2, 0.25) is 5.91 Å². The van der Waals surface area contributed by atoms with E-state index in [1.54, 1.807) is 6.92 Å². The van der Waals surface area contributed by atoms with Gasteiger partial charge in [-0.2, -0.15) is 0 Å². The van der Waals surface area contributed by atoms with E-state index in [1.807, 2.05) is 11.8 Å². The maximum absolute atomic E-state index is 11.9. The minimum atomic E-state index is -0.864. The summed E-state index contributed by atoms with van der Waals surface area (Å²) in [5.41, 5.74) is 0. The van der Waals surface area contributed by atoms with Gasteiger partial charge in [0.05, 0.1) is 12.6 Å². The van der Waals surface area contributed by atoms with Gasteiger partial charge in [0.25, 0.3) is 0 Å². The number of carbonyl (C=O) groups excluding carboxylic acids is 1. The third-order valence-electron chi connectivity index (χ3n) is 3.54. The molecule has 5 nitrogen and oxygen atoms in total. The lowest BCUT2D eigenvalue weighted by Crippen LogP contribution is -2.51. The predicted octanol–water partition coefficient (Wildman–Crippen LogP) is 1.23. The average molecular weight is 256 g/mol. The van der Waals surface area contributed by atoms with Crippen LogP contribution in [0.1, 0.15) is 46.0 Å². The zero-order chi connectivity index (χ0) is 13.5. The molecule has 1 atom stereocenters. The number of hydrogen-bond acceptors (Lipinski definition) is 3. The minimum Gasteiger partial charge on any atom is -0.480 e. The third-order valence-corrected chi connectivity index (χ3v) is 3.54. The second kappa shape index (κ2) is 7.36. The molecule has 0 aromatic rings. The van der Waals surface area contributed by atoms with Gasteiger partial charge in [-0.05, 0) is 26.2 Å². The standard InChI is InChI=1S/C13H24N2O3/c1-3-8-14-13(18)10(2)15(9-12(16)17)11-6-4-5-7-11/h10-11H,3-9H2,1-2H3,(H,14,18)(H,16,17). The maximum atomic E-state index is 11.9. The van der Waals surface area contributed by atoms with Crippen molar-refractivity contribution in [2.45, 2.75) is 58.0 Å². The molecule has 0 heterocycles. The highest BCUT2D eigenvalue weighted by molar-refractivity contribution is 5.82. The van der Waals surface area contributed by atoms with Crippen molar-refractivity contribution in [3.8, 4) is 0 Å². The molecule has 0 saturated heterocycles. The van der Waals surface area contributed by atoms with Gasteiger partial charge < -0.3 is 10.4 Å². The highest BCUT2D eigenvalue weighted by atomic mass is 16.4. The molecular weight excluding hydrogens is 232 g/mol. The molecule has 1 fully saturated rings. The lowest BCUT2D eigenvalue weighted by atomic mass is 10.1. The van der Waals surface area contributed by atoms with Crippen LogP contribution in [0.15, 0.2) is 0 Å². The summed E-state index contributed by atoms with van der Waals surface area (Å²) < 4.78 is 0. The quantitative estimate of drug-likeness (QED) is 0.719. The first-order valence-corrected chi connectivity index (χ1v) is 6.81. The molecule has 1 aliphatic rings.